The topological polar surface area (TPSA) is 74.7 Å². The Labute approximate surface area is 128 Å². The van der Waals surface area contributed by atoms with E-state index in [4.69, 9.17) is 5.11 Å². The van der Waals surface area contributed by atoms with Gasteiger partial charge in [0.25, 0.3) is 0 Å². The summed E-state index contributed by atoms with van der Waals surface area (Å²) in [4.78, 5) is 10.4. The summed E-state index contributed by atoms with van der Waals surface area (Å²) in [5, 5.41) is 9.63. The number of hydrogen-bond donors (Lipinski definition) is 1. The highest BCUT2D eigenvalue weighted by Crippen LogP contribution is 2.26. The molecule has 7 heteroatoms. The predicted molar refractivity (Wildman–Crippen MR) is 80.6 cm³/mol. The lowest BCUT2D eigenvalue weighted by atomic mass is 10.1. The molecular weight excluding hydrogens is 309 g/mol. The summed E-state index contributed by atoms with van der Waals surface area (Å²) < 4.78 is 40.4. The Morgan fingerprint density at radius 3 is 2.55 bits per heavy atom. The van der Waals surface area contributed by atoms with Crippen LogP contribution in [-0.2, 0) is 14.8 Å². The highest BCUT2D eigenvalue weighted by Gasteiger charge is 2.29. The third-order valence-corrected chi connectivity index (χ3v) is 5.09. The van der Waals surface area contributed by atoms with Gasteiger partial charge in [-0.3, -0.25) is 4.79 Å². The molecule has 0 unspecified atom stereocenters. The molecule has 0 saturated carbocycles. The van der Waals surface area contributed by atoms with Gasteiger partial charge in [0, 0.05) is 11.9 Å². The summed E-state index contributed by atoms with van der Waals surface area (Å²) in [5.74, 6) is -2.14. The fourth-order valence-electron chi connectivity index (χ4n) is 2.24. The maximum Gasteiger partial charge on any atom is 0.318 e. The van der Waals surface area contributed by atoms with Crippen molar-refractivity contribution in [3.8, 4) is 0 Å². The lowest BCUT2D eigenvalue weighted by Crippen LogP contribution is -2.36. The van der Waals surface area contributed by atoms with Crippen LogP contribution < -0.4 is 0 Å². The summed E-state index contributed by atoms with van der Waals surface area (Å²) in [6.45, 7) is 1.05. The van der Waals surface area contributed by atoms with Crippen LogP contribution >= 0.6 is 0 Å². The van der Waals surface area contributed by atoms with Crippen LogP contribution in [-0.4, -0.2) is 36.9 Å². The van der Waals surface area contributed by atoms with Crippen LogP contribution in [0.1, 0.15) is 13.3 Å². The number of halogens is 1. The van der Waals surface area contributed by atoms with Gasteiger partial charge in [0.05, 0.1) is 0 Å². The molecule has 0 aliphatic rings. The molecule has 2 aromatic carbocycles. The molecule has 0 fully saturated rings. The second kappa shape index (κ2) is 6.41. The van der Waals surface area contributed by atoms with E-state index in [9.17, 15) is 17.6 Å². The Bertz CT molecular complexity index is 804. The molecule has 0 spiro atoms. The van der Waals surface area contributed by atoms with Crippen LogP contribution in [0, 0.1) is 5.82 Å². The molecule has 0 aliphatic heterocycles. The van der Waals surface area contributed by atoms with E-state index in [1.54, 1.807) is 25.1 Å². The van der Waals surface area contributed by atoms with Crippen LogP contribution in [0.15, 0.2) is 41.3 Å². The highest BCUT2D eigenvalue weighted by atomic mass is 32.2. The fraction of sp³-hybridized carbons (Fsp3) is 0.267. The van der Waals surface area contributed by atoms with Gasteiger partial charge in [-0.05, 0) is 17.9 Å². The predicted octanol–water partition coefficient (Wildman–Crippen LogP) is 2.46. The van der Waals surface area contributed by atoms with E-state index in [0.29, 0.717) is 11.8 Å². The van der Waals surface area contributed by atoms with Crippen molar-refractivity contribution in [3.05, 3.63) is 42.2 Å². The molecule has 118 valence electrons. The van der Waals surface area contributed by atoms with Gasteiger partial charge < -0.3 is 5.11 Å². The van der Waals surface area contributed by atoms with Gasteiger partial charge in [-0.1, -0.05) is 37.3 Å². The zero-order chi connectivity index (χ0) is 16.3. The molecule has 5 nitrogen and oxygen atoms in total. The second-order valence-corrected chi connectivity index (χ2v) is 6.74. The fourth-order valence-corrected chi connectivity index (χ4v) is 3.79. The molecule has 0 aromatic heterocycles. The lowest BCUT2D eigenvalue weighted by molar-refractivity contribution is -0.137. The zero-order valence-electron chi connectivity index (χ0n) is 12.0. The molecule has 2 aromatic rings. The monoisotopic (exact) mass is 325 g/mol. The lowest BCUT2D eigenvalue weighted by Gasteiger charge is -2.20. The number of nitrogens with zero attached hydrogens (tertiary/aromatic N) is 1. The van der Waals surface area contributed by atoms with Crippen LogP contribution in [0.5, 0.6) is 0 Å². The minimum absolute atomic E-state index is 0.0148. The zero-order valence-corrected chi connectivity index (χ0v) is 12.8. The number of rotatable bonds is 6. The highest BCUT2D eigenvalue weighted by molar-refractivity contribution is 7.89. The molecule has 0 saturated heterocycles. The van der Waals surface area contributed by atoms with Crippen LogP contribution in [0.4, 0.5) is 4.39 Å². The quantitative estimate of drug-likeness (QED) is 0.885. The van der Waals surface area contributed by atoms with E-state index in [0.717, 1.165) is 4.31 Å². The van der Waals surface area contributed by atoms with Gasteiger partial charge in [-0.25, -0.2) is 12.8 Å². The number of fused-ring (bicyclic) bond motifs is 1. The maximum absolute atomic E-state index is 14.5. The first kappa shape index (κ1) is 16.4. The maximum atomic E-state index is 14.5. The van der Waals surface area contributed by atoms with Crippen molar-refractivity contribution in [2.75, 3.05) is 13.1 Å². The van der Waals surface area contributed by atoms with Crippen LogP contribution in [0.2, 0.25) is 0 Å². The minimum Gasteiger partial charge on any atom is -0.480 e. The van der Waals surface area contributed by atoms with Gasteiger partial charge in [0.2, 0.25) is 10.0 Å². The first-order valence-electron chi connectivity index (χ1n) is 6.77. The first-order valence-corrected chi connectivity index (χ1v) is 8.21. The molecule has 0 heterocycles. The van der Waals surface area contributed by atoms with E-state index in [2.05, 4.69) is 0 Å². The molecule has 2 rings (SSSR count). The molecule has 0 bridgehead atoms. The number of hydrogen-bond acceptors (Lipinski definition) is 3. The van der Waals surface area contributed by atoms with Crippen molar-refractivity contribution in [3.63, 3.8) is 0 Å². The molecule has 0 atom stereocenters. The van der Waals surface area contributed by atoms with E-state index in [1.165, 1.54) is 18.2 Å². The van der Waals surface area contributed by atoms with Crippen LogP contribution in [0.25, 0.3) is 10.8 Å². The second-order valence-electron chi connectivity index (χ2n) is 4.83. The molecule has 1 N–H and O–H groups in total. The molecular formula is C15H16FNO4S. The van der Waals surface area contributed by atoms with Crippen molar-refractivity contribution in [1.82, 2.24) is 4.31 Å². The molecule has 22 heavy (non-hydrogen) atoms. The number of carboxylic acids is 1. The average Bonchev–Trinajstić information content (AvgIpc) is 2.46. The molecule has 0 radical (unpaired) electrons. The summed E-state index contributed by atoms with van der Waals surface area (Å²) in [6, 6.07) is 9.20. The Kier molecular flexibility index (Phi) is 4.77. The van der Waals surface area contributed by atoms with Crippen molar-refractivity contribution < 1.29 is 22.7 Å². The largest absolute Gasteiger partial charge is 0.480 e. The Balaban J connectivity index is 2.56. The summed E-state index contributed by atoms with van der Waals surface area (Å²) in [6.07, 6.45) is 0.432. The Hall–Kier alpha value is -1.99. The first-order chi connectivity index (χ1) is 10.4. The van der Waals surface area contributed by atoms with Crippen molar-refractivity contribution >= 4 is 26.8 Å². The number of benzene rings is 2. The Morgan fingerprint density at radius 1 is 1.23 bits per heavy atom. The van der Waals surface area contributed by atoms with Crippen molar-refractivity contribution in [2.24, 2.45) is 0 Å². The van der Waals surface area contributed by atoms with E-state index >= 15 is 0 Å². The van der Waals surface area contributed by atoms with Gasteiger partial charge in [0.15, 0.2) is 5.82 Å². The summed E-state index contributed by atoms with van der Waals surface area (Å²) in [5.41, 5.74) is 0. The van der Waals surface area contributed by atoms with E-state index in [1.807, 2.05) is 0 Å². The SMILES string of the molecule is CCCN(CC(=O)O)S(=O)(=O)c1ccc2ccccc2c1F. The van der Waals surface area contributed by atoms with Gasteiger partial charge in [-0.2, -0.15) is 4.31 Å². The van der Waals surface area contributed by atoms with E-state index < -0.39 is 33.3 Å². The minimum atomic E-state index is -4.20. The van der Waals surface area contributed by atoms with Crippen molar-refractivity contribution in [2.45, 2.75) is 18.2 Å². The third kappa shape index (κ3) is 3.10. The number of carbonyl (C=O) groups is 1. The number of carboxylic acid groups (broad SMARTS) is 1. The standard InChI is InChI=1S/C15H16FNO4S/c1-2-9-17(10-14(18)19)22(20,21)13-8-7-11-5-3-4-6-12(11)15(13)16/h3-8H,2,9-10H2,1H3,(H,18,19). The third-order valence-electron chi connectivity index (χ3n) is 3.23. The summed E-state index contributed by atoms with van der Waals surface area (Å²) in [7, 11) is -4.20. The molecule has 0 aliphatic carbocycles. The molecule has 0 amide bonds. The summed E-state index contributed by atoms with van der Waals surface area (Å²) >= 11 is 0. The van der Waals surface area contributed by atoms with Crippen molar-refractivity contribution in [1.29, 1.82) is 0 Å². The number of aliphatic carboxylic acids is 1. The smallest absolute Gasteiger partial charge is 0.318 e. The van der Waals surface area contributed by atoms with Gasteiger partial charge >= 0.3 is 5.97 Å². The number of sulfonamides is 1. The average molecular weight is 325 g/mol. The Morgan fingerprint density at radius 2 is 1.91 bits per heavy atom. The normalized spacial score (nSPS) is 12.0. The van der Waals surface area contributed by atoms with Crippen LogP contribution in [0.3, 0.4) is 0 Å². The van der Waals surface area contributed by atoms with E-state index in [-0.39, 0.29) is 11.9 Å². The van der Waals surface area contributed by atoms with Gasteiger partial charge in [-0.15, -0.1) is 0 Å². The van der Waals surface area contributed by atoms with Gasteiger partial charge in [0.1, 0.15) is 11.4 Å².